The molecule has 2 aromatic carbocycles. The summed E-state index contributed by atoms with van der Waals surface area (Å²) >= 11 is 6.64. The van der Waals surface area contributed by atoms with Crippen molar-refractivity contribution in [2.24, 2.45) is 0 Å². The fourth-order valence-electron chi connectivity index (χ4n) is 8.20. The van der Waals surface area contributed by atoms with Gasteiger partial charge in [0, 0.05) is 66.4 Å². The highest BCUT2D eigenvalue weighted by atomic mass is 35.5. The number of likely N-dealkylation sites (N-methyl/N-ethyl adjacent to an activating group) is 1. The minimum Gasteiger partial charge on any atom is -0.461 e. The van der Waals surface area contributed by atoms with Gasteiger partial charge in [-0.3, -0.25) is 14.7 Å². The van der Waals surface area contributed by atoms with E-state index in [2.05, 4.69) is 20.0 Å². The van der Waals surface area contributed by atoms with Gasteiger partial charge in [0.2, 0.25) is 5.91 Å². The van der Waals surface area contributed by atoms with Crippen molar-refractivity contribution in [3.05, 3.63) is 71.2 Å². The van der Waals surface area contributed by atoms with Crippen LogP contribution in [0.4, 0.5) is 10.2 Å². The molecule has 6 heterocycles. The van der Waals surface area contributed by atoms with Gasteiger partial charge in [0.25, 0.3) is 5.89 Å². The highest BCUT2D eigenvalue weighted by molar-refractivity contribution is 6.36. The monoisotopic (exact) mass is 708 g/mol. The van der Waals surface area contributed by atoms with E-state index in [9.17, 15) is 4.79 Å². The van der Waals surface area contributed by atoms with Gasteiger partial charge in [0.05, 0.1) is 10.9 Å². The average molecular weight is 709 g/mol. The van der Waals surface area contributed by atoms with Gasteiger partial charge in [-0.1, -0.05) is 47.1 Å². The second-order valence-corrected chi connectivity index (χ2v) is 14.7. The number of carbonyl (C=O) groups is 1. The van der Waals surface area contributed by atoms with Crippen LogP contribution < -0.4 is 9.64 Å². The zero-order valence-electron chi connectivity index (χ0n) is 28.4. The van der Waals surface area contributed by atoms with Gasteiger partial charge in [-0.15, -0.1) is 0 Å². The SMILES string of the molecule is CN(c1nc(OCC23CCCN2CCC3)nc2c(F)c(-c3cccc4cccc(Cl)c34)ncc12)[C@@H]1CCN(C(=O)/C=C/c2nc(C3CC3)no2)C1. The van der Waals surface area contributed by atoms with Gasteiger partial charge in [-0.2, -0.15) is 15.0 Å². The number of anilines is 1. The Balaban J connectivity index is 1.04. The maximum atomic E-state index is 16.9. The first kappa shape index (κ1) is 32.2. The number of hydrogen-bond acceptors (Lipinski definition) is 10. The summed E-state index contributed by atoms with van der Waals surface area (Å²) in [5.41, 5.74) is 0.835. The minimum absolute atomic E-state index is 0.0352. The van der Waals surface area contributed by atoms with Crippen molar-refractivity contribution in [3.63, 3.8) is 0 Å². The molecule has 0 N–H and O–H groups in total. The van der Waals surface area contributed by atoms with Gasteiger partial charge < -0.3 is 19.1 Å². The first-order valence-corrected chi connectivity index (χ1v) is 18.2. The number of aromatic nitrogens is 5. The summed E-state index contributed by atoms with van der Waals surface area (Å²) in [7, 11) is 1.92. The van der Waals surface area contributed by atoms with Crippen LogP contribution in [-0.2, 0) is 4.79 Å². The number of likely N-dealkylation sites (tertiary alicyclic amines) is 1. The van der Waals surface area contributed by atoms with Crippen LogP contribution in [0.15, 0.2) is 53.2 Å². The molecule has 9 rings (SSSR count). The largest absolute Gasteiger partial charge is 0.461 e. The minimum atomic E-state index is -0.567. The van der Waals surface area contributed by atoms with Crippen molar-refractivity contribution in [2.45, 2.75) is 62.4 Å². The van der Waals surface area contributed by atoms with Crippen LogP contribution in [0.2, 0.25) is 5.02 Å². The lowest BCUT2D eigenvalue weighted by atomic mass is 9.95. The van der Waals surface area contributed by atoms with Gasteiger partial charge in [-0.25, -0.2) is 4.39 Å². The maximum Gasteiger partial charge on any atom is 0.319 e. The van der Waals surface area contributed by atoms with Gasteiger partial charge in [0.15, 0.2) is 11.6 Å². The molecule has 4 aliphatic rings. The molecule has 1 aliphatic carbocycles. The molecule has 51 heavy (non-hydrogen) atoms. The van der Waals surface area contributed by atoms with Crippen LogP contribution in [0.3, 0.4) is 0 Å². The Hall–Kier alpha value is -4.68. The first-order valence-electron chi connectivity index (χ1n) is 17.8. The zero-order chi connectivity index (χ0) is 34.7. The number of pyridine rings is 1. The molecule has 262 valence electrons. The summed E-state index contributed by atoms with van der Waals surface area (Å²) in [4.78, 5) is 38.1. The summed E-state index contributed by atoms with van der Waals surface area (Å²) in [6, 6.07) is 11.3. The van der Waals surface area contributed by atoms with Crippen LogP contribution in [-0.4, -0.2) is 92.2 Å². The number of rotatable bonds is 9. The number of hydrogen-bond donors (Lipinski definition) is 0. The van der Waals surface area contributed by atoms with E-state index >= 15 is 4.39 Å². The predicted molar refractivity (Wildman–Crippen MR) is 192 cm³/mol. The number of fused-ring (bicyclic) bond motifs is 3. The third-order valence-corrected chi connectivity index (χ3v) is 11.5. The molecule has 4 fully saturated rings. The van der Waals surface area contributed by atoms with Crippen LogP contribution in [0.1, 0.15) is 62.6 Å². The summed E-state index contributed by atoms with van der Waals surface area (Å²) in [5.74, 6) is 1.20. The fraction of sp³-hybridized carbons (Fsp3) is 0.421. The summed E-state index contributed by atoms with van der Waals surface area (Å²) in [6.07, 6.45) is 11.9. The summed E-state index contributed by atoms with van der Waals surface area (Å²) in [5, 5.41) is 6.62. The Bertz CT molecular complexity index is 2170. The second kappa shape index (κ2) is 12.8. The van der Waals surface area contributed by atoms with Crippen LogP contribution >= 0.6 is 11.6 Å². The quantitative estimate of drug-likeness (QED) is 0.154. The van der Waals surface area contributed by atoms with E-state index in [0.717, 1.165) is 62.4 Å². The molecular weight excluding hydrogens is 671 g/mol. The molecule has 0 unspecified atom stereocenters. The third-order valence-electron chi connectivity index (χ3n) is 11.2. The smallest absolute Gasteiger partial charge is 0.319 e. The molecule has 5 aromatic rings. The number of carbonyl (C=O) groups excluding carboxylic acids is 1. The van der Waals surface area contributed by atoms with Crippen molar-refractivity contribution in [1.29, 1.82) is 0 Å². The van der Waals surface area contributed by atoms with Crippen molar-refractivity contribution in [3.8, 4) is 17.3 Å². The maximum absolute atomic E-state index is 16.9. The normalized spacial score (nSPS) is 20.2. The molecule has 3 saturated heterocycles. The fourth-order valence-corrected chi connectivity index (χ4v) is 8.48. The lowest BCUT2D eigenvalue weighted by Crippen LogP contribution is -2.43. The molecule has 3 aliphatic heterocycles. The Kier molecular flexibility index (Phi) is 8.11. The average Bonchev–Trinajstić information content (AvgIpc) is 3.49. The van der Waals surface area contributed by atoms with Crippen LogP contribution in [0.5, 0.6) is 6.01 Å². The number of nitrogens with zero attached hydrogens (tertiary/aromatic N) is 8. The van der Waals surface area contributed by atoms with Crippen LogP contribution in [0.25, 0.3) is 39.0 Å². The van der Waals surface area contributed by atoms with E-state index in [0.29, 0.717) is 65.5 Å². The lowest BCUT2D eigenvalue weighted by molar-refractivity contribution is -0.124. The van der Waals surface area contributed by atoms with Crippen LogP contribution in [0, 0.1) is 5.82 Å². The highest BCUT2D eigenvalue weighted by Gasteiger charge is 2.45. The molecule has 0 spiro atoms. The zero-order valence-corrected chi connectivity index (χ0v) is 29.2. The second-order valence-electron chi connectivity index (χ2n) is 14.3. The Labute approximate surface area is 299 Å². The molecule has 0 bridgehead atoms. The number of benzene rings is 2. The van der Waals surface area contributed by atoms with E-state index in [4.69, 9.17) is 30.8 Å². The summed E-state index contributed by atoms with van der Waals surface area (Å²) in [6.45, 7) is 3.59. The third kappa shape index (κ3) is 5.87. The molecule has 3 aromatic heterocycles. The Morgan fingerprint density at radius 1 is 1.10 bits per heavy atom. The van der Waals surface area contributed by atoms with Crippen molar-refractivity contribution >= 4 is 51.1 Å². The Morgan fingerprint density at radius 3 is 2.71 bits per heavy atom. The van der Waals surface area contributed by atoms with Crippen molar-refractivity contribution in [1.82, 2.24) is 34.9 Å². The number of amides is 1. The predicted octanol–water partition coefficient (Wildman–Crippen LogP) is 6.66. The van der Waals surface area contributed by atoms with Crippen molar-refractivity contribution < 1.29 is 18.4 Å². The number of ether oxygens (including phenoxy) is 1. The lowest BCUT2D eigenvalue weighted by Gasteiger charge is -2.31. The molecular formula is C38H38ClFN8O3. The molecule has 13 heteroatoms. The number of halogens is 2. The molecule has 0 radical (unpaired) electrons. The van der Waals surface area contributed by atoms with E-state index < -0.39 is 5.82 Å². The molecule has 1 amide bonds. The molecule has 1 saturated carbocycles. The van der Waals surface area contributed by atoms with Gasteiger partial charge in [-0.05, 0) is 69.5 Å². The standard InChI is InChI=1S/C38H38ClFN8O3/c1-46(25-14-19-47(21-25)30(49)13-12-29-42-35(45-51-29)24-10-11-24)36-27-20-41-33(26-8-2-6-23-7-3-9-28(39)31(23)26)32(40)34(27)43-37(44-36)50-22-38-15-4-17-48(38)18-5-16-38/h2-3,6-9,12-13,20,24-25H,4-5,10-11,14-19,21-22H2,1H3/b13-12+/t25-/m1/s1. The van der Waals surface area contributed by atoms with E-state index in [1.165, 1.54) is 6.08 Å². The molecule has 11 nitrogen and oxygen atoms in total. The van der Waals surface area contributed by atoms with E-state index in [1.54, 1.807) is 23.2 Å². The summed E-state index contributed by atoms with van der Waals surface area (Å²) < 4.78 is 28.6. The highest BCUT2D eigenvalue weighted by Crippen LogP contribution is 2.41. The molecule has 1 atom stereocenters. The topological polar surface area (TPSA) is 114 Å². The van der Waals surface area contributed by atoms with E-state index in [-0.39, 0.29) is 34.7 Å². The first-order chi connectivity index (χ1) is 24.9. The van der Waals surface area contributed by atoms with Gasteiger partial charge in [0.1, 0.15) is 23.6 Å². The van der Waals surface area contributed by atoms with E-state index in [1.807, 2.05) is 42.3 Å². The van der Waals surface area contributed by atoms with Crippen molar-refractivity contribution in [2.75, 3.05) is 44.7 Å². The van der Waals surface area contributed by atoms with Gasteiger partial charge >= 0.3 is 6.01 Å². The Morgan fingerprint density at radius 2 is 1.90 bits per heavy atom.